The summed E-state index contributed by atoms with van der Waals surface area (Å²) in [6, 6.07) is 1.60. The van der Waals surface area contributed by atoms with E-state index in [2.05, 4.69) is 30.6 Å². The minimum Gasteiger partial charge on any atom is -0.382 e. The second kappa shape index (κ2) is 7.75. The number of piperidine rings is 1. The van der Waals surface area contributed by atoms with Gasteiger partial charge in [0.05, 0.1) is 5.54 Å². The van der Waals surface area contributed by atoms with E-state index in [9.17, 15) is 9.59 Å². The van der Waals surface area contributed by atoms with Crippen molar-refractivity contribution in [2.24, 2.45) is 0 Å². The van der Waals surface area contributed by atoms with Crippen molar-refractivity contribution in [2.75, 3.05) is 31.1 Å². The first kappa shape index (κ1) is 19.8. The van der Waals surface area contributed by atoms with E-state index in [0.717, 1.165) is 12.8 Å². The molecular weight excluding hydrogens is 410 g/mol. The molecular formula is C18H20ClN9O2. The summed E-state index contributed by atoms with van der Waals surface area (Å²) >= 11 is 5.85. The van der Waals surface area contributed by atoms with E-state index in [-0.39, 0.29) is 33.9 Å². The number of nitrogens with one attached hydrogen (secondary N) is 2. The smallest absolute Gasteiger partial charge is 0.272 e. The largest absolute Gasteiger partial charge is 0.382 e. The van der Waals surface area contributed by atoms with Gasteiger partial charge in [-0.1, -0.05) is 11.6 Å². The maximum absolute atomic E-state index is 12.6. The first-order valence-corrected chi connectivity index (χ1v) is 9.66. The summed E-state index contributed by atoms with van der Waals surface area (Å²) in [5.41, 5.74) is 11.4. The van der Waals surface area contributed by atoms with E-state index in [4.69, 9.17) is 23.1 Å². The molecule has 0 atom stereocenters. The maximum Gasteiger partial charge on any atom is 0.272 e. The number of likely N-dealkylation sites (tertiary alicyclic amines) is 1. The van der Waals surface area contributed by atoms with Gasteiger partial charge >= 0.3 is 0 Å². The van der Waals surface area contributed by atoms with Crippen LogP contribution in [0.1, 0.15) is 33.8 Å². The lowest BCUT2D eigenvalue weighted by atomic mass is 9.88. The van der Waals surface area contributed by atoms with Gasteiger partial charge in [0, 0.05) is 31.9 Å². The number of hydrogen-bond acceptors (Lipinski definition) is 10. The Balaban J connectivity index is 1.40. The van der Waals surface area contributed by atoms with E-state index in [1.54, 1.807) is 17.2 Å². The van der Waals surface area contributed by atoms with E-state index in [1.165, 1.54) is 12.4 Å². The van der Waals surface area contributed by atoms with Gasteiger partial charge < -0.3 is 27.0 Å². The molecule has 0 bridgehead atoms. The third-order valence-electron chi connectivity index (χ3n) is 5.24. The monoisotopic (exact) mass is 429 g/mol. The number of anilines is 2. The third-order valence-corrected chi connectivity index (χ3v) is 5.52. The number of allylic oxidation sites excluding steroid dienone is 1. The highest BCUT2D eigenvalue weighted by Gasteiger charge is 2.40. The molecule has 6 N–H and O–H groups in total. The zero-order valence-corrected chi connectivity index (χ0v) is 16.7. The Hall–Kier alpha value is -3.47. The molecule has 2 saturated heterocycles. The second-order valence-corrected chi connectivity index (χ2v) is 7.56. The highest BCUT2D eigenvalue weighted by molar-refractivity contribution is 6.31. The van der Waals surface area contributed by atoms with Crippen LogP contribution < -0.4 is 22.1 Å². The fourth-order valence-electron chi connectivity index (χ4n) is 3.57. The molecule has 2 aliphatic heterocycles. The summed E-state index contributed by atoms with van der Waals surface area (Å²) in [6.07, 6.45) is 5.73. The van der Waals surface area contributed by atoms with Crippen LogP contribution in [-0.2, 0) is 0 Å². The first-order chi connectivity index (χ1) is 14.4. The quantitative estimate of drug-likeness (QED) is 0.384. The molecule has 11 nitrogen and oxygen atoms in total. The normalized spacial score (nSPS) is 18.8. The molecule has 2 aromatic heterocycles. The predicted octanol–water partition coefficient (Wildman–Crippen LogP) is -0.0237. The van der Waals surface area contributed by atoms with Crippen LogP contribution in [0.3, 0.4) is 0 Å². The van der Waals surface area contributed by atoms with Crippen molar-refractivity contribution in [3.8, 4) is 0 Å². The zero-order valence-electron chi connectivity index (χ0n) is 15.9. The number of halogens is 1. The van der Waals surface area contributed by atoms with Gasteiger partial charge in [0.25, 0.3) is 5.91 Å². The van der Waals surface area contributed by atoms with Crippen molar-refractivity contribution >= 4 is 34.9 Å². The van der Waals surface area contributed by atoms with Gasteiger partial charge in [-0.15, -0.1) is 0 Å². The molecule has 4 heterocycles. The Labute approximate surface area is 176 Å². The molecule has 0 radical (unpaired) electrons. The minimum absolute atomic E-state index is 0.0299. The SMILES string of the molecule is Nc1nc(N)c(C(=O)/C=C2\NCC3(CCN(C(=O)c4ccncn4)CC3)N2)nc1Cl. The molecule has 1 amide bonds. The van der Waals surface area contributed by atoms with Crippen molar-refractivity contribution < 1.29 is 9.59 Å². The molecule has 0 aromatic carbocycles. The van der Waals surface area contributed by atoms with Crippen molar-refractivity contribution in [1.82, 2.24) is 35.5 Å². The number of carbonyl (C=O) groups excluding carboxylic acids is 2. The third kappa shape index (κ3) is 3.83. The van der Waals surface area contributed by atoms with E-state index >= 15 is 0 Å². The zero-order chi connectivity index (χ0) is 21.3. The first-order valence-electron chi connectivity index (χ1n) is 9.29. The fraction of sp³-hybridized carbons (Fsp3) is 0.333. The summed E-state index contributed by atoms with van der Waals surface area (Å²) in [6.45, 7) is 1.78. The Morgan fingerprint density at radius 2 is 1.97 bits per heavy atom. The predicted molar refractivity (Wildman–Crippen MR) is 109 cm³/mol. The Kier molecular flexibility index (Phi) is 5.12. The van der Waals surface area contributed by atoms with Crippen molar-refractivity contribution in [3.05, 3.63) is 47.0 Å². The lowest BCUT2D eigenvalue weighted by Crippen LogP contribution is -2.53. The number of nitrogens with zero attached hydrogens (tertiary/aromatic N) is 5. The van der Waals surface area contributed by atoms with Crippen LogP contribution in [-0.4, -0.2) is 61.7 Å². The lowest BCUT2D eigenvalue weighted by molar-refractivity contribution is 0.0661. The standard InChI is InChI=1S/C18H20ClN9O2/c19-14-16(21)26-15(20)13(25-14)11(29)7-12-23-8-18(27-12)2-5-28(6-3-18)17(30)10-1-4-22-9-24-10/h1,4,7,9,23,27H,2-3,5-6,8H2,(H4,20,21,26)/b12-7+. The van der Waals surface area contributed by atoms with Gasteiger partial charge in [0.15, 0.2) is 22.5 Å². The molecule has 1 spiro atoms. The number of rotatable bonds is 3. The summed E-state index contributed by atoms with van der Waals surface area (Å²) < 4.78 is 0. The van der Waals surface area contributed by atoms with Crippen LogP contribution in [0, 0.1) is 0 Å². The Morgan fingerprint density at radius 3 is 2.67 bits per heavy atom. The molecule has 12 heteroatoms. The molecule has 4 rings (SSSR count). The molecule has 2 aromatic rings. The minimum atomic E-state index is -0.440. The number of nitrogens with two attached hydrogens (primary N) is 2. The van der Waals surface area contributed by atoms with Gasteiger partial charge in [-0.3, -0.25) is 9.59 Å². The molecule has 2 fully saturated rings. The Bertz CT molecular complexity index is 1020. The lowest BCUT2D eigenvalue weighted by Gasteiger charge is -2.38. The average molecular weight is 430 g/mol. The number of ketones is 1. The maximum atomic E-state index is 12.6. The van der Waals surface area contributed by atoms with Crippen molar-refractivity contribution in [2.45, 2.75) is 18.4 Å². The number of nitrogen functional groups attached to an aromatic ring is 2. The Morgan fingerprint density at radius 1 is 1.20 bits per heavy atom. The van der Waals surface area contributed by atoms with Gasteiger partial charge in [-0.05, 0) is 18.9 Å². The van der Waals surface area contributed by atoms with Crippen LogP contribution in [0.2, 0.25) is 5.15 Å². The van der Waals surface area contributed by atoms with Crippen LogP contribution >= 0.6 is 11.6 Å². The van der Waals surface area contributed by atoms with E-state index in [0.29, 0.717) is 31.1 Å². The van der Waals surface area contributed by atoms with Gasteiger partial charge in [-0.25, -0.2) is 19.9 Å². The number of carbonyl (C=O) groups is 2. The molecule has 0 unspecified atom stereocenters. The number of hydrogen-bond donors (Lipinski definition) is 4. The van der Waals surface area contributed by atoms with E-state index < -0.39 is 5.78 Å². The van der Waals surface area contributed by atoms with Crippen LogP contribution in [0.25, 0.3) is 0 Å². The summed E-state index contributed by atoms with van der Waals surface area (Å²) in [4.78, 5) is 42.5. The van der Waals surface area contributed by atoms with Crippen molar-refractivity contribution in [1.29, 1.82) is 0 Å². The van der Waals surface area contributed by atoms with Gasteiger partial charge in [-0.2, -0.15) is 0 Å². The second-order valence-electron chi connectivity index (χ2n) is 7.20. The average Bonchev–Trinajstić information content (AvgIpc) is 3.13. The molecule has 30 heavy (non-hydrogen) atoms. The fourth-order valence-corrected chi connectivity index (χ4v) is 3.69. The number of amides is 1. The number of aromatic nitrogens is 4. The van der Waals surface area contributed by atoms with Crippen molar-refractivity contribution in [3.63, 3.8) is 0 Å². The highest BCUT2D eigenvalue weighted by atomic mass is 35.5. The molecule has 2 aliphatic rings. The molecule has 0 aliphatic carbocycles. The summed E-state index contributed by atoms with van der Waals surface area (Å²) in [7, 11) is 0. The van der Waals surface area contributed by atoms with Crippen LogP contribution in [0.5, 0.6) is 0 Å². The van der Waals surface area contributed by atoms with Crippen LogP contribution in [0.4, 0.5) is 11.6 Å². The topological polar surface area (TPSA) is 165 Å². The molecule has 156 valence electrons. The van der Waals surface area contributed by atoms with Crippen LogP contribution in [0.15, 0.2) is 30.5 Å². The highest BCUT2D eigenvalue weighted by Crippen LogP contribution is 2.27. The van der Waals surface area contributed by atoms with Gasteiger partial charge in [0.1, 0.15) is 17.8 Å². The summed E-state index contributed by atoms with van der Waals surface area (Å²) in [5.74, 6) is -0.103. The summed E-state index contributed by atoms with van der Waals surface area (Å²) in [5, 5.41) is 6.49. The van der Waals surface area contributed by atoms with E-state index in [1.807, 2.05) is 0 Å². The van der Waals surface area contributed by atoms with Gasteiger partial charge in [0.2, 0.25) is 5.78 Å². The molecule has 0 saturated carbocycles.